The van der Waals surface area contributed by atoms with Crippen molar-refractivity contribution < 1.29 is 23.9 Å². The van der Waals surface area contributed by atoms with E-state index in [4.69, 9.17) is 4.74 Å². The summed E-state index contributed by atoms with van der Waals surface area (Å²) in [6.07, 6.45) is -1.07. The van der Waals surface area contributed by atoms with E-state index in [9.17, 15) is 19.2 Å². The SMILES string of the molecule is CC(=O)NC[C@H]1CN(c2ccc([N+]3(O)CCNCC3)c(F)c2)C(=O)O1. The van der Waals surface area contributed by atoms with E-state index >= 15 is 0 Å². The minimum absolute atomic E-state index is 0.188. The van der Waals surface area contributed by atoms with E-state index < -0.39 is 22.7 Å². The van der Waals surface area contributed by atoms with Crippen molar-refractivity contribution in [3.8, 4) is 0 Å². The van der Waals surface area contributed by atoms with Gasteiger partial charge in [0.15, 0.2) is 5.82 Å². The van der Waals surface area contributed by atoms with Gasteiger partial charge in [0.2, 0.25) is 11.6 Å². The molecule has 2 heterocycles. The van der Waals surface area contributed by atoms with Crippen LogP contribution in [0.1, 0.15) is 6.92 Å². The Kier molecular flexibility index (Phi) is 4.89. The van der Waals surface area contributed by atoms with E-state index in [0.29, 0.717) is 31.9 Å². The van der Waals surface area contributed by atoms with Gasteiger partial charge in [0, 0.05) is 32.1 Å². The van der Waals surface area contributed by atoms with Crippen molar-refractivity contribution in [2.24, 2.45) is 0 Å². The van der Waals surface area contributed by atoms with Crippen LogP contribution in [0, 0.1) is 5.82 Å². The van der Waals surface area contributed by atoms with Gasteiger partial charge in [0.05, 0.1) is 18.8 Å². The fourth-order valence-corrected chi connectivity index (χ4v) is 3.10. The lowest BCUT2D eigenvalue weighted by Crippen LogP contribution is -2.58. The van der Waals surface area contributed by atoms with Gasteiger partial charge in [-0.2, -0.15) is 0 Å². The summed E-state index contributed by atoms with van der Waals surface area (Å²) in [5, 5.41) is 16.3. The molecule has 0 saturated carbocycles. The Balaban J connectivity index is 1.74. The van der Waals surface area contributed by atoms with Crippen molar-refractivity contribution in [1.29, 1.82) is 0 Å². The molecule has 3 rings (SSSR count). The third kappa shape index (κ3) is 3.73. The number of benzene rings is 1. The fraction of sp³-hybridized carbons (Fsp3) is 0.500. The molecule has 0 unspecified atom stereocenters. The van der Waals surface area contributed by atoms with Crippen molar-refractivity contribution >= 4 is 23.4 Å². The monoisotopic (exact) mass is 353 g/mol. The van der Waals surface area contributed by atoms with Crippen LogP contribution in [0.5, 0.6) is 0 Å². The summed E-state index contributed by atoms with van der Waals surface area (Å²) in [5.41, 5.74) is 0.547. The third-order valence-corrected chi connectivity index (χ3v) is 4.46. The van der Waals surface area contributed by atoms with Crippen LogP contribution in [0.25, 0.3) is 0 Å². The highest BCUT2D eigenvalue weighted by Gasteiger charge is 2.36. The number of anilines is 1. The molecule has 1 atom stereocenters. The molecule has 2 aliphatic heterocycles. The number of rotatable bonds is 4. The molecule has 0 radical (unpaired) electrons. The normalized spacial score (nSPS) is 22.6. The zero-order chi connectivity index (χ0) is 18.0. The van der Waals surface area contributed by atoms with Crippen LogP contribution in [0.15, 0.2) is 18.2 Å². The average molecular weight is 353 g/mol. The van der Waals surface area contributed by atoms with Gasteiger partial charge in [-0.3, -0.25) is 9.69 Å². The van der Waals surface area contributed by atoms with Gasteiger partial charge in [-0.25, -0.2) is 14.4 Å². The summed E-state index contributed by atoms with van der Waals surface area (Å²) in [6, 6.07) is 4.33. The Morgan fingerprint density at radius 3 is 2.84 bits per heavy atom. The van der Waals surface area contributed by atoms with Gasteiger partial charge in [0.1, 0.15) is 19.2 Å². The Labute approximate surface area is 144 Å². The smallest absolute Gasteiger partial charge is 0.414 e. The third-order valence-electron chi connectivity index (χ3n) is 4.46. The lowest BCUT2D eigenvalue weighted by molar-refractivity contribution is -0.119. The predicted molar refractivity (Wildman–Crippen MR) is 88.9 cm³/mol. The molecule has 136 valence electrons. The maximum absolute atomic E-state index is 14.6. The van der Waals surface area contributed by atoms with Gasteiger partial charge in [-0.05, 0) is 6.07 Å². The van der Waals surface area contributed by atoms with Crippen LogP contribution in [0.2, 0.25) is 0 Å². The zero-order valence-electron chi connectivity index (χ0n) is 14.0. The van der Waals surface area contributed by atoms with Crippen LogP contribution in [-0.2, 0) is 9.53 Å². The van der Waals surface area contributed by atoms with Crippen LogP contribution in [0.4, 0.5) is 20.6 Å². The minimum atomic E-state index is -0.586. The predicted octanol–water partition coefficient (Wildman–Crippen LogP) is 0.587. The fourth-order valence-electron chi connectivity index (χ4n) is 3.10. The second-order valence-corrected chi connectivity index (χ2v) is 6.31. The van der Waals surface area contributed by atoms with E-state index in [1.165, 1.54) is 24.0 Å². The number of ether oxygens (including phenoxy) is 1. The molecular weight excluding hydrogens is 331 g/mol. The quantitative estimate of drug-likeness (QED) is 0.689. The van der Waals surface area contributed by atoms with Crippen molar-refractivity contribution in [3.05, 3.63) is 24.0 Å². The molecule has 25 heavy (non-hydrogen) atoms. The maximum atomic E-state index is 14.6. The van der Waals surface area contributed by atoms with Gasteiger partial charge in [0.25, 0.3) is 0 Å². The molecule has 2 aliphatic rings. The Morgan fingerprint density at radius 1 is 1.48 bits per heavy atom. The van der Waals surface area contributed by atoms with Crippen molar-refractivity contribution in [3.63, 3.8) is 0 Å². The van der Waals surface area contributed by atoms with Crippen molar-refractivity contribution in [1.82, 2.24) is 15.3 Å². The second-order valence-electron chi connectivity index (χ2n) is 6.31. The highest BCUT2D eigenvalue weighted by molar-refractivity contribution is 5.90. The summed E-state index contributed by atoms with van der Waals surface area (Å²) in [4.78, 5) is 24.3. The van der Waals surface area contributed by atoms with Crippen LogP contribution >= 0.6 is 0 Å². The number of cyclic esters (lactones) is 1. The Morgan fingerprint density at radius 2 is 2.20 bits per heavy atom. The standard InChI is InChI=1S/C16H21FN4O4/c1-11(22)19-9-13-10-20(16(23)25-13)12-2-3-15(14(17)8-12)21(24)6-4-18-5-7-21/h2-3,8,13,18,24H,4-7,9-10H2,1H3/p+1/t13-/m0/s1. The number of quaternary nitrogens is 1. The van der Waals surface area contributed by atoms with Crippen molar-refractivity contribution in [2.45, 2.75) is 13.0 Å². The lowest BCUT2D eigenvalue weighted by Gasteiger charge is -2.33. The molecular formula is C16H22FN4O4+. The number of amides is 2. The van der Waals surface area contributed by atoms with Gasteiger partial charge in [-0.15, -0.1) is 4.65 Å². The molecule has 0 aliphatic carbocycles. The first-order chi connectivity index (χ1) is 11.9. The molecule has 1 aromatic carbocycles. The first-order valence-corrected chi connectivity index (χ1v) is 8.22. The summed E-state index contributed by atoms with van der Waals surface area (Å²) < 4.78 is 19.3. The lowest BCUT2D eigenvalue weighted by atomic mass is 10.2. The summed E-state index contributed by atoms with van der Waals surface area (Å²) in [6.45, 7) is 3.76. The summed E-state index contributed by atoms with van der Waals surface area (Å²) in [7, 11) is 0. The number of halogens is 1. The van der Waals surface area contributed by atoms with Crippen LogP contribution in [-0.4, -0.2) is 62.6 Å². The highest BCUT2D eigenvalue weighted by Crippen LogP contribution is 2.30. The number of nitrogens with one attached hydrogen (secondary N) is 2. The molecule has 8 nitrogen and oxygen atoms in total. The summed E-state index contributed by atoms with van der Waals surface area (Å²) >= 11 is 0. The highest BCUT2D eigenvalue weighted by atomic mass is 19.1. The van der Waals surface area contributed by atoms with E-state index in [1.54, 1.807) is 6.07 Å². The molecule has 0 bridgehead atoms. The largest absolute Gasteiger partial charge is 0.442 e. The van der Waals surface area contributed by atoms with E-state index in [-0.39, 0.29) is 24.7 Å². The summed E-state index contributed by atoms with van der Waals surface area (Å²) in [5.74, 6) is -0.780. The number of hydrogen-bond acceptors (Lipinski definition) is 5. The Hall–Kier alpha value is -2.23. The minimum Gasteiger partial charge on any atom is -0.442 e. The molecule has 2 amide bonds. The molecule has 0 spiro atoms. The van der Waals surface area contributed by atoms with E-state index in [1.807, 2.05) is 0 Å². The second kappa shape index (κ2) is 6.95. The number of carbonyl (C=O) groups is 2. The molecule has 2 saturated heterocycles. The average Bonchev–Trinajstić information content (AvgIpc) is 2.94. The Bertz CT molecular complexity index is 678. The van der Waals surface area contributed by atoms with E-state index in [2.05, 4.69) is 10.6 Å². The number of hydroxylamine groups is 2. The van der Waals surface area contributed by atoms with Gasteiger partial charge < -0.3 is 15.4 Å². The molecule has 3 N–H and O–H groups in total. The molecule has 1 aromatic rings. The molecule has 9 heteroatoms. The first-order valence-electron chi connectivity index (χ1n) is 8.22. The van der Waals surface area contributed by atoms with E-state index in [0.717, 1.165) is 0 Å². The molecule has 0 aromatic heterocycles. The number of hydrogen-bond donors (Lipinski definition) is 3. The van der Waals surface area contributed by atoms with Crippen LogP contribution < -0.4 is 20.2 Å². The number of carbonyl (C=O) groups excluding carboxylic acids is 2. The van der Waals surface area contributed by atoms with Gasteiger partial charge in [-0.1, -0.05) is 0 Å². The number of piperazine rings is 1. The molecule has 2 fully saturated rings. The zero-order valence-corrected chi connectivity index (χ0v) is 14.0. The van der Waals surface area contributed by atoms with Crippen LogP contribution in [0.3, 0.4) is 0 Å². The van der Waals surface area contributed by atoms with Gasteiger partial charge >= 0.3 is 6.09 Å². The topological polar surface area (TPSA) is 90.9 Å². The maximum Gasteiger partial charge on any atom is 0.414 e. The van der Waals surface area contributed by atoms with Crippen molar-refractivity contribution in [2.75, 3.05) is 44.2 Å². The number of nitrogens with zero attached hydrogens (tertiary/aromatic N) is 2. The first kappa shape index (κ1) is 17.6.